The van der Waals surface area contributed by atoms with Crippen molar-refractivity contribution in [2.75, 3.05) is 10.6 Å². The van der Waals surface area contributed by atoms with Crippen molar-refractivity contribution in [1.82, 2.24) is 10.2 Å². The third kappa shape index (κ3) is 5.32. The van der Waals surface area contributed by atoms with Crippen LogP contribution in [0.3, 0.4) is 0 Å². The van der Waals surface area contributed by atoms with Crippen LogP contribution in [0, 0.1) is 13.8 Å². The molecule has 2 aromatic carbocycles. The Morgan fingerprint density at radius 2 is 1.93 bits per heavy atom. The van der Waals surface area contributed by atoms with Crippen molar-refractivity contribution in [2.24, 2.45) is 0 Å². The molecule has 6 nitrogen and oxygen atoms in total. The van der Waals surface area contributed by atoms with Crippen molar-refractivity contribution < 1.29 is 9.53 Å². The number of halogens is 2. The molecule has 0 bridgehead atoms. The summed E-state index contributed by atoms with van der Waals surface area (Å²) >= 11 is 13.1. The Morgan fingerprint density at radius 3 is 2.67 bits per heavy atom. The number of ether oxygens (including phenoxy) is 1. The summed E-state index contributed by atoms with van der Waals surface area (Å²) in [5.74, 6) is 0.792. The van der Waals surface area contributed by atoms with Gasteiger partial charge in [0, 0.05) is 5.02 Å². The molecule has 3 aromatic rings. The van der Waals surface area contributed by atoms with Crippen LogP contribution in [0.25, 0.3) is 0 Å². The van der Waals surface area contributed by atoms with E-state index in [1.165, 1.54) is 16.9 Å². The predicted molar refractivity (Wildman–Crippen MR) is 109 cm³/mol. The second-order valence-corrected chi connectivity index (χ2v) is 7.67. The van der Waals surface area contributed by atoms with Gasteiger partial charge in [-0.05, 0) is 43.7 Å². The van der Waals surface area contributed by atoms with Gasteiger partial charge in [-0.25, -0.2) is 4.79 Å². The maximum Gasteiger partial charge on any atom is 0.325 e. The van der Waals surface area contributed by atoms with Gasteiger partial charge in [0.25, 0.3) is 0 Å². The third-order valence-corrected chi connectivity index (χ3v) is 4.91. The van der Waals surface area contributed by atoms with Crippen LogP contribution in [0.4, 0.5) is 15.6 Å². The molecular formula is C18H16Cl2N4O2S. The SMILES string of the molecule is Cc1ccc(OCc2nnc(NC(=O)Nc3ccc(Cl)cc3Cl)s2)c(C)c1. The zero-order valence-corrected chi connectivity index (χ0v) is 16.9. The average molecular weight is 423 g/mol. The molecule has 0 spiro atoms. The molecule has 1 heterocycles. The lowest BCUT2D eigenvalue weighted by Crippen LogP contribution is -2.19. The zero-order valence-electron chi connectivity index (χ0n) is 14.5. The maximum absolute atomic E-state index is 12.1. The van der Waals surface area contributed by atoms with Gasteiger partial charge < -0.3 is 10.1 Å². The molecule has 27 heavy (non-hydrogen) atoms. The molecule has 9 heteroatoms. The summed E-state index contributed by atoms with van der Waals surface area (Å²) < 4.78 is 5.77. The first-order valence-electron chi connectivity index (χ1n) is 7.96. The first-order valence-corrected chi connectivity index (χ1v) is 9.53. The molecule has 0 saturated heterocycles. The minimum absolute atomic E-state index is 0.272. The number of urea groups is 1. The number of hydrogen-bond acceptors (Lipinski definition) is 5. The number of nitrogens with one attached hydrogen (secondary N) is 2. The first kappa shape index (κ1) is 19.4. The molecule has 0 aliphatic rings. The van der Waals surface area contributed by atoms with Crippen molar-refractivity contribution in [1.29, 1.82) is 0 Å². The quantitative estimate of drug-likeness (QED) is 0.553. The highest BCUT2D eigenvalue weighted by molar-refractivity contribution is 7.15. The molecule has 0 atom stereocenters. The smallest absolute Gasteiger partial charge is 0.325 e. The van der Waals surface area contributed by atoms with Crippen LogP contribution in [0.15, 0.2) is 36.4 Å². The van der Waals surface area contributed by atoms with E-state index in [0.717, 1.165) is 11.3 Å². The fraction of sp³-hybridized carbons (Fsp3) is 0.167. The summed E-state index contributed by atoms with van der Waals surface area (Å²) in [6.07, 6.45) is 0. The molecule has 1 aromatic heterocycles. The van der Waals surface area contributed by atoms with Crippen LogP contribution in [0.5, 0.6) is 5.75 Å². The third-order valence-electron chi connectivity index (χ3n) is 3.55. The summed E-state index contributed by atoms with van der Waals surface area (Å²) in [7, 11) is 0. The van der Waals surface area contributed by atoms with Gasteiger partial charge in [0.2, 0.25) is 5.13 Å². The van der Waals surface area contributed by atoms with Crippen molar-refractivity contribution in [3.8, 4) is 5.75 Å². The second kappa shape index (κ2) is 8.56. The number of benzene rings is 2. The van der Waals surface area contributed by atoms with E-state index in [9.17, 15) is 4.79 Å². The Balaban J connectivity index is 1.56. The van der Waals surface area contributed by atoms with Crippen LogP contribution in [0.1, 0.15) is 16.1 Å². The lowest BCUT2D eigenvalue weighted by molar-refractivity contribution is 0.262. The number of carbonyl (C=O) groups is 1. The number of aromatic nitrogens is 2. The van der Waals surface area contributed by atoms with Crippen LogP contribution >= 0.6 is 34.5 Å². The van der Waals surface area contributed by atoms with Gasteiger partial charge in [0.05, 0.1) is 10.7 Å². The van der Waals surface area contributed by atoms with Crippen molar-refractivity contribution in [2.45, 2.75) is 20.5 Å². The van der Waals surface area contributed by atoms with Gasteiger partial charge in [0.15, 0.2) is 5.01 Å². The molecule has 0 saturated carbocycles. The number of aryl methyl sites for hydroxylation is 2. The van der Waals surface area contributed by atoms with Gasteiger partial charge in [-0.2, -0.15) is 0 Å². The summed E-state index contributed by atoms with van der Waals surface area (Å²) in [5, 5.41) is 15.1. The van der Waals surface area contributed by atoms with E-state index >= 15 is 0 Å². The number of hydrogen-bond donors (Lipinski definition) is 2. The molecular weight excluding hydrogens is 407 g/mol. The zero-order chi connectivity index (χ0) is 19.4. The molecule has 2 amide bonds. The van der Waals surface area contributed by atoms with E-state index in [2.05, 4.69) is 26.9 Å². The number of anilines is 2. The molecule has 3 rings (SSSR count). The van der Waals surface area contributed by atoms with Gasteiger partial charge in [-0.1, -0.05) is 52.2 Å². The Bertz CT molecular complexity index is 978. The van der Waals surface area contributed by atoms with Crippen LogP contribution in [0.2, 0.25) is 10.0 Å². The lowest BCUT2D eigenvalue weighted by Gasteiger charge is -2.08. The van der Waals surface area contributed by atoms with Crippen LogP contribution < -0.4 is 15.4 Å². The molecule has 2 N–H and O–H groups in total. The Kier molecular flexibility index (Phi) is 6.15. The largest absolute Gasteiger partial charge is 0.486 e. The molecule has 0 aliphatic carbocycles. The average Bonchev–Trinajstić information content (AvgIpc) is 3.04. The van der Waals surface area contributed by atoms with E-state index in [1.807, 2.05) is 26.0 Å². The standard InChI is InChI=1S/C18H16Cl2N4O2S/c1-10-3-6-15(11(2)7-10)26-9-16-23-24-18(27-16)22-17(25)21-14-5-4-12(19)8-13(14)20/h3-8H,9H2,1-2H3,(H2,21,22,24,25). The van der Waals surface area contributed by atoms with E-state index in [0.29, 0.717) is 25.9 Å². The second-order valence-electron chi connectivity index (χ2n) is 5.76. The Labute approximate surface area is 170 Å². The highest BCUT2D eigenvalue weighted by atomic mass is 35.5. The molecule has 0 unspecified atom stereocenters. The minimum atomic E-state index is -0.475. The lowest BCUT2D eigenvalue weighted by atomic mass is 10.1. The Hall–Kier alpha value is -2.35. The van der Waals surface area contributed by atoms with Crippen molar-refractivity contribution >= 4 is 51.4 Å². The highest BCUT2D eigenvalue weighted by Crippen LogP contribution is 2.26. The van der Waals surface area contributed by atoms with Gasteiger partial charge in [-0.15, -0.1) is 10.2 Å². The van der Waals surface area contributed by atoms with Gasteiger partial charge in [-0.3, -0.25) is 5.32 Å². The van der Waals surface area contributed by atoms with Crippen molar-refractivity contribution in [3.05, 3.63) is 62.6 Å². The van der Waals surface area contributed by atoms with E-state index in [1.54, 1.807) is 18.2 Å². The predicted octanol–water partition coefficient (Wildman–Crippen LogP) is 5.68. The van der Waals surface area contributed by atoms with Gasteiger partial charge >= 0.3 is 6.03 Å². The van der Waals surface area contributed by atoms with E-state index in [-0.39, 0.29) is 6.61 Å². The summed E-state index contributed by atoms with van der Waals surface area (Å²) in [6.45, 7) is 4.29. The number of rotatable bonds is 5. The van der Waals surface area contributed by atoms with Gasteiger partial charge in [0.1, 0.15) is 12.4 Å². The molecule has 0 aliphatic heterocycles. The monoisotopic (exact) mass is 422 g/mol. The normalized spacial score (nSPS) is 10.5. The Morgan fingerprint density at radius 1 is 1.11 bits per heavy atom. The number of nitrogens with zero attached hydrogens (tertiary/aromatic N) is 2. The molecule has 0 radical (unpaired) electrons. The minimum Gasteiger partial charge on any atom is -0.486 e. The highest BCUT2D eigenvalue weighted by Gasteiger charge is 2.11. The van der Waals surface area contributed by atoms with Crippen LogP contribution in [-0.4, -0.2) is 16.2 Å². The summed E-state index contributed by atoms with van der Waals surface area (Å²) in [4.78, 5) is 12.1. The topological polar surface area (TPSA) is 76.1 Å². The fourth-order valence-electron chi connectivity index (χ4n) is 2.30. The molecule has 140 valence electrons. The van der Waals surface area contributed by atoms with E-state index < -0.39 is 6.03 Å². The van der Waals surface area contributed by atoms with Crippen molar-refractivity contribution in [3.63, 3.8) is 0 Å². The fourth-order valence-corrected chi connectivity index (χ4v) is 3.41. The molecule has 0 fully saturated rings. The van der Waals surface area contributed by atoms with E-state index in [4.69, 9.17) is 27.9 Å². The number of carbonyl (C=O) groups excluding carboxylic acids is 1. The van der Waals surface area contributed by atoms with Crippen LogP contribution in [-0.2, 0) is 6.61 Å². The summed E-state index contributed by atoms with van der Waals surface area (Å²) in [5.41, 5.74) is 2.67. The maximum atomic E-state index is 12.1. The first-order chi connectivity index (χ1) is 12.9. The summed E-state index contributed by atoms with van der Waals surface area (Å²) in [6, 6.07) is 10.3. The number of amides is 2.